The lowest BCUT2D eigenvalue weighted by Crippen LogP contribution is -2.19. The second-order valence-corrected chi connectivity index (χ2v) is 7.02. The monoisotopic (exact) mass is 428 g/mol. The van der Waals surface area contributed by atoms with E-state index in [0.29, 0.717) is 37.2 Å². The number of halogens is 4. The third kappa shape index (κ3) is 4.86. The van der Waals surface area contributed by atoms with Crippen LogP contribution in [0, 0.1) is 5.82 Å². The third-order valence-electron chi connectivity index (χ3n) is 3.38. The van der Waals surface area contributed by atoms with Crippen molar-refractivity contribution < 1.29 is 4.39 Å². The first-order valence-corrected chi connectivity index (χ1v) is 8.95. The highest BCUT2D eigenvalue weighted by molar-refractivity contribution is 7.80. The normalized spacial score (nSPS) is 10.6. The summed E-state index contributed by atoms with van der Waals surface area (Å²) in [4.78, 5) is 0. The Morgan fingerprint density at radius 1 is 1.08 bits per heavy atom. The molecule has 3 rings (SSSR count). The lowest BCUT2D eigenvalue weighted by molar-refractivity contribution is 0.586. The van der Waals surface area contributed by atoms with Crippen molar-refractivity contribution >= 4 is 63.6 Å². The van der Waals surface area contributed by atoms with E-state index in [4.69, 9.17) is 47.0 Å². The average Bonchev–Trinajstić information content (AvgIpc) is 2.97. The van der Waals surface area contributed by atoms with Crippen LogP contribution in [0.15, 0.2) is 48.7 Å². The summed E-state index contributed by atoms with van der Waals surface area (Å²) in [6, 6.07) is 11.3. The van der Waals surface area contributed by atoms with Gasteiger partial charge >= 0.3 is 0 Å². The van der Waals surface area contributed by atoms with Gasteiger partial charge in [-0.05, 0) is 42.5 Å². The lowest BCUT2D eigenvalue weighted by Gasteiger charge is -2.09. The highest BCUT2D eigenvalue weighted by atomic mass is 35.5. The number of hydrogen-bond donors (Lipinski definition) is 2. The third-order valence-corrected chi connectivity index (χ3v) is 4.38. The largest absolute Gasteiger partial charge is 0.332 e. The topological polar surface area (TPSA) is 41.9 Å². The van der Waals surface area contributed by atoms with Gasteiger partial charge < -0.3 is 10.6 Å². The van der Waals surface area contributed by atoms with E-state index in [2.05, 4.69) is 15.7 Å². The van der Waals surface area contributed by atoms with Gasteiger partial charge in [-0.15, -0.1) is 0 Å². The zero-order valence-corrected chi connectivity index (χ0v) is 16.2. The zero-order chi connectivity index (χ0) is 18.7. The molecule has 0 saturated carbocycles. The summed E-state index contributed by atoms with van der Waals surface area (Å²) >= 11 is 23.2. The number of hydrogen-bond acceptors (Lipinski definition) is 2. The molecule has 0 aliphatic rings. The fourth-order valence-electron chi connectivity index (χ4n) is 2.27. The highest BCUT2D eigenvalue weighted by Crippen LogP contribution is 2.23. The lowest BCUT2D eigenvalue weighted by atomic mass is 10.2. The van der Waals surface area contributed by atoms with Gasteiger partial charge in [-0.2, -0.15) is 5.10 Å². The molecule has 4 nitrogen and oxygen atoms in total. The van der Waals surface area contributed by atoms with Gasteiger partial charge in [0.2, 0.25) is 0 Å². The van der Waals surface area contributed by atoms with E-state index in [1.54, 1.807) is 47.3 Å². The van der Waals surface area contributed by atoms with Crippen LogP contribution in [0.2, 0.25) is 15.1 Å². The smallest absolute Gasteiger partial charge is 0.176 e. The van der Waals surface area contributed by atoms with Crippen molar-refractivity contribution in [1.29, 1.82) is 0 Å². The van der Waals surface area contributed by atoms with Crippen molar-refractivity contribution in [1.82, 2.24) is 9.78 Å². The van der Waals surface area contributed by atoms with Crippen LogP contribution < -0.4 is 10.6 Å². The van der Waals surface area contributed by atoms with Crippen LogP contribution in [0.3, 0.4) is 0 Å². The summed E-state index contributed by atoms with van der Waals surface area (Å²) < 4.78 is 15.4. The van der Waals surface area contributed by atoms with Crippen molar-refractivity contribution in [3.63, 3.8) is 0 Å². The number of nitrogens with one attached hydrogen (secondary N) is 2. The van der Waals surface area contributed by atoms with E-state index >= 15 is 0 Å². The molecule has 0 spiro atoms. The van der Waals surface area contributed by atoms with Gasteiger partial charge in [0.25, 0.3) is 0 Å². The van der Waals surface area contributed by atoms with E-state index in [0.717, 1.165) is 0 Å². The summed E-state index contributed by atoms with van der Waals surface area (Å²) in [6.07, 6.45) is 1.70. The van der Waals surface area contributed by atoms with Gasteiger partial charge in [0.05, 0.1) is 6.54 Å². The minimum atomic E-state index is -0.377. The fraction of sp³-hybridized carbons (Fsp3) is 0.0588. The molecule has 0 saturated heterocycles. The van der Waals surface area contributed by atoms with Crippen molar-refractivity contribution in [2.45, 2.75) is 6.54 Å². The standard InChI is InChI=1S/C17H12Cl3FN4S/c18-10-6-11(19)8-12(7-10)22-17(26)23-16-4-5-25(24-16)9-13-14(20)2-1-3-15(13)21/h1-8H,9H2,(H2,22,23,24,26). The Morgan fingerprint density at radius 3 is 2.50 bits per heavy atom. The van der Waals surface area contributed by atoms with Crippen molar-refractivity contribution in [2.75, 3.05) is 10.6 Å². The maximum atomic E-state index is 13.9. The molecule has 0 amide bonds. The molecule has 1 heterocycles. The maximum absolute atomic E-state index is 13.9. The van der Waals surface area contributed by atoms with Crippen LogP contribution >= 0.6 is 47.0 Å². The van der Waals surface area contributed by atoms with E-state index < -0.39 is 0 Å². The van der Waals surface area contributed by atoms with Gasteiger partial charge in [0.1, 0.15) is 5.82 Å². The molecule has 0 unspecified atom stereocenters. The highest BCUT2D eigenvalue weighted by Gasteiger charge is 2.09. The van der Waals surface area contributed by atoms with E-state index in [1.807, 2.05) is 0 Å². The maximum Gasteiger partial charge on any atom is 0.176 e. The van der Waals surface area contributed by atoms with Crippen LogP contribution in [-0.4, -0.2) is 14.9 Å². The molecule has 0 bridgehead atoms. The van der Waals surface area contributed by atoms with Gasteiger partial charge in [0.15, 0.2) is 10.9 Å². The molecular formula is C17H12Cl3FN4S. The van der Waals surface area contributed by atoms with Gasteiger partial charge in [-0.1, -0.05) is 40.9 Å². The van der Waals surface area contributed by atoms with Crippen LogP contribution in [0.4, 0.5) is 15.9 Å². The molecule has 2 N–H and O–H groups in total. The predicted octanol–water partition coefficient (Wildman–Crippen LogP) is 5.84. The van der Waals surface area contributed by atoms with Crippen LogP contribution in [0.1, 0.15) is 5.56 Å². The van der Waals surface area contributed by atoms with Crippen molar-refractivity contribution in [3.05, 3.63) is 75.1 Å². The Balaban J connectivity index is 1.65. The van der Waals surface area contributed by atoms with Crippen LogP contribution in [0.25, 0.3) is 0 Å². The molecule has 26 heavy (non-hydrogen) atoms. The molecule has 0 aliphatic heterocycles. The summed E-state index contributed by atoms with van der Waals surface area (Å²) in [5, 5.41) is 11.9. The quantitative estimate of drug-likeness (QED) is 0.511. The summed E-state index contributed by atoms with van der Waals surface area (Å²) in [5.41, 5.74) is 1.02. The molecule has 3 aromatic rings. The molecule has 0 fully saturated rings. The molecule has 0 aliphatic carbocycles. The summed E-state index contributed by atoms with van der Waals surface area (Å²) in [6.45, 7) is 0.206. The Hall–Kier alpha value is -1.86. The Labute approximate surface area is 169 Å². The van der Waals surface area contributed by atoms with Crippen LogP contribution in [-0.2, 0) is 6.54 Å². The second kappa shape index (κ2) is 8.22. The Morgan fingerprint density at radius 2 is 1.81 bits per heavy atom. The molecule has 0 radical (unpaired) electrons. The van der Waals surface area contributed by atoms with Crippen molar-refractivity contribution in [2.24, 2.45) is 0 Å². The number of aromatic nitrogens is 2. The van der Waals surface area contributed by atoms with Gasteiger partial charge in [-0.25, -0.2) is 4.39 Å². The van der Waals surface area contributed by atoms with Gasteiger partial charge in [-0.3, -0.25) is 4.68 Å². The molecular weight excluding hydrogens is 418 g/mol. The molecule has 0 atom stereocenters. The molecule has 1 aromatic heterocycles. The minimum Gasteiger partial charge on any atom is -0.332 e. The van der Waals surface area contributed by atoms with Gasteiger partial charge in [0, 0.05) is 38.6 Å². The number of rotatable bonds is 4. The zero-order valence-electron chi connectivity index (χ0n) is 13.1. The SMILES string of the molecule is Fc1cccc(Cl)c1Cn1ccc(NC(=S)Nc2cc(Cl)cc(Cl)c2)n1. The fourth-order valence-corrected chi connectivity index (χ4v) is 3.24. The molecule has 9 heteroatoms. The van der Waals surface area contributed by atoms with E-state index in [9.17, 15) is 4.39 Å². The Bertz CT molecular complexity index is 920. The number of thiocarbonyl (C=S) groups is 1. The first-order chi connectivity index (χ1) is 12.4. The number of benzene rings is 2. The minimum absolute atomic E-state index is 0.206. The number of nitrogens with zero attached hydrogens (tertiary/aromatic N) is 2. The first-order valence-electron chi connectivity index (χ1n) is 7.41. The average molecular weight is 430 g/mol. The molecule has 134 valence electrons. The van der Waals surface area contributed by atoms with E-state index in [-0.39, 0.29) is 12.4 Å². The molecule has 2 aromatic carbocycles. The van der Waals surface area contributed by atoms with E-state index in [1.165, 1.54) is 6.07 Å². The first kappa shape index (κ1) is 18.9. The summed E-state index contributed by atoms with van der Waals surface area (Å²) in [7, 11) is 0. The summed E-state index contributed by atoms with van der Waals surface area (Å²) in [5.74, 6) is 0.126. The number of anilines is 2. The van der Waals surface area contributed by atoms with Crippen LogP contribution in [0.5, 0.6) is 0 Å². The Kier molecular flexibility index (Phi) is 5.98. The predicted molar refractivity (Wildman–Crippen MR) is 109 cm³/mol. The van der Waals surface area contributed by atoms with Crippen molar-refractivity contribution in [3.8, 4) is 0 Å². The second-order valence-electron chi connectivity index (χ2n) is 5.34.